The highest BCUT2D eigenvalue weighted by atomic mass is 19.1. The van der Waals surface area contributed by atoms with E-state index in [1.54, 1.807) is 34.9 Å². The molecule has 0 bridgehead atoms. The molecule has 30 heavy (non-hydrogen) atoms. The minimum Gasteiger partial charge on any atom is -0.351 e. The van der Waals surface area contributed by atoms with Crippen molar-refractivity contribution in [3.8, 4) is 11.1 Å². The van der Waals surface area contributed by atoms with E-state index in [2.05, 4.69) is 15.3 Å². The van der Waals surface area contributed by atoms with Crippen molar-refractivity contribution in [2.45, 2.75) is 20.4 Å². The second-order valence-corrected chi connectivity index (χ2v) is 6.99. The van der Waals surface area contributed by atoms with E-state index in [1.807, 2.05) is 26.0 Å². The van der Waals surface area contributed by atoms with Crippen LogP contribution in [0.3, 0.4) is 0 Å². The van der Waals surface area contributed by atoms with E-state index in [1.165, 1.54) is 12.3 Å². The average Bonchev–Trinajstić information content (AvgIpc) is 3.03. The molecule has 0 unspecified atom stereocenters. The molecule has 0 fully saturated rings. The molecule has 1 aromatic carbocycles. The number of carbonyl (C=O) groups is 1. The van der Waals surface area contributed by atoms with Crippen LogP contribution >= 0.6 is 0 Å². The lowest BCUT2D eigenvalue weighted by Crippen LogP contribution is -2.27. The highest BCUT2D eigenvalue weighted by Crippen LogP contribution is 2.33. The van der Waals surface area contributed by atoms with Crippen molar-refractivity contribution >= 4 is 16.9 Å². The molecule has 0 atom stereocenters. The Morgan fingerprint density at radius 2 is 1.97 bits per heavy atom. The molecule has 0 radical (unpaired) electrons. The van der Waals surface area contributed by atoms with Crippen LogP contribution in [-0.2, 0) is 6.54 Å². The van der Waals surface area contributed by atoms with Crippen LogP contribution in [0.5, 0.6) is 0 Å². The van der Waals surface area contributed by atoms with E-state index in [0.717, 1.165) is 5.69 Å². The standard InChI is InChI=1S/C23H21FN4O2/c1-3-25-23(30)21-19(16-8-6-12-26-22(16)29)20-18(11-10-14(2)27-20)28(21)13-15-7-4-5-9-17(15)24/h4-12H,3,13H2,1-2H3,(H,25,30)(H,26,29). The summed E-state index contributed by atoms with van der Waals surface area (Å²) < 4.78 is 16.2. The zero-order valence-electron chi connectivity index (χ0n) is 16.7. The Balaban J connectivity index is 2.09. The van der Waals surface area contributed by atoms with Crippen molar-refractivity contribution < 1.29 is 9.18 Å². The summed E-state index contributed by atoms with van der Waals surface area (Å²) in [5, 5.41) is 2.81. The van der Waals surface area contributed by atoms with Gasteiger partial charge in [0.15, 0.2) is 0 Å². The average molecular weight is 404 g/mol. The molecule has 3 aromatic heterocycles. The molecule has 0 aliphatic heterocycles. The number of benzene rings is 1. The number of pyridine rings is 2. The van der Waals surface area contributed by atoms with Crippen molar-refractivity contribution in [3.63, 3.8) is 0 Å². The van der Waals surface area contributed by atoms with Crippen LogP contribution in [0.1, 0.15) is 28.7 Å². The first-order valence-electron chi connectivity index (χ1n) is 9.70. The predicted octanol–water partition coefficient (Wildman–Crippen LogP) is 3.64. The van der Waals surface area contributed by atoms with Crippen molar-refractivity contribution in [2.75, 3.05) is 6.54 Å². The summed E-state index contributed by atoms with van der Waals surface area (Å²) in [6.45, 7) is 4.21. The summed E-state index contributed by atoms with van der Waals surface area (Å²) in [4.78, 5) is 33.0. The van der Waals surface area contributed by atoms with Gasteiger partial charge in [0, 0.05) is 29.6 Å². The molecule has 0 saturated carbocycles. The van der Waals surface area contributed by atoms with Crippen LogP contribution in [0.15, 0.2) is 59.5 Å². The van der Waals surface area contributed by atoms with Crippen molar-refractivity contribution in [1.29, 1.82) is 0 Å². The summed E-state index contributed by atoms with van der Waals surface area (Å²) in [7, 11) is 0. The van der Waals surface area contributed by atoms with Gasteiger partial charge in [0.05, 0.1) is 23.1 Å². The number of amides is 1. The zero-order valence-corrected chi connectivity index (χ0v) is 16.7. The smallest absolute Gasteiger partial charge is 0.268 e. The summed E-state index contributed by atoms with van der Waals surface area (Å²) >= 11 is 0. The number of H-pyrrole nitrogens is 1. The predicted molar refractivity (Wildman–Crippen MR) is 114 cm³/mol. The third-order valence-corrected chi connectivity index (χ3v) is 4.97. The van der Waals surface area contributed by atoms with E-state index >= 15 is 0 Å². The fourth-order valence-electron chi connectivity index (χ4n) is 3.63. The summed E-state index contributed by atoms with van der Waals surface area (Å²) in [6, 6.07) is 13.5. The van der Waals surface area contributed by atoms with Crippen LogP contribution in [0.4, 0.5) is 4.39 Å². The molecule has 7 heteroatoms. The molecule has 0 aliphatic rings. The minimum atomic E-state index is -0.361. The second-order valence-electron chi connectivity index (χ2n) is 6.99. The number of aromatic amines is 1. The number of hydrogen-bond donors (Lipinski definition) is 2. The van der Waals surface area contributed by atoms with E-state index in [-0.39, 0.29) is 29.5 Å². The summed E-state index contributed by atoms with van der Waals surface area (Å²) in [5.74, 6) is -0.705. The number of aromatic nitrogens is 3. The van der Waals surface area contributed by atoms with Gasteiger partial charge in [-0.2, -0.15) is 0 Å². The molecular weight excluding hydrogens is 383 g/mol. The van der Waals surface area contributed by atoms with E-state index in [9.17, 15) is 14.0 Å². The van der Waals surface area contributed by atoms with Crippen molar-refractivity contribution in [3.05, 3.63) is 87.9 Å². The van der Waals surface area contributed by atoms with E-state index in [4.69, 9.17) is 0 Å². The third kappa shape index (κ3) is 3.39. The van der Waals surface area contributed by atoms with Gasteiger partial charge in [-0.1, -0.05) is 18.2 Å². The van der Waals surface area contributed by atoms with Gasteiger partial charge >= 0.3 is 0 Å². The first-order chi connectivity index (χ1) is 14.5. The molecule has 4 aromatic rings. The van der Waals surface area contributed by atoms with Crippen molar-refractivity contribution in [1.82, 2.24) is 19.9 Å². The summed E-state index contributed by atoms with van der Waals surface area (Å²) in [6.07, 6.45) is 1.54. The van der Waals surface area contributed by atoms with Gasteiger partial charge in [0.25, 0.3) is 11.5 Å². The normalized spacial score (nSPS) is 11.0. The molecule has 0 spiro atoms. The molecule has 6 nitrogen and oxygen atoms in total. The maximum absolute atomic E-state index is 14.4. The largest absolute Gasteiger partial charge is 0.351 e. The topological polar surface area (TPSA) is 79.8 Å². The van der Waals surface area contributed by atoms with Gasteiger partial charge in [0.2, 0.25) is 0 Å². The lowest BCUT2D eigenvalue weighted by atomic mass is 10.1. The molecule has 1 amide bonds. The quantitative estimate of drug-likeness (QED) is 0.533. The Labute approximate surface area is 172 Å². The maximum atomic E-state index is 14.4. The molecule has 0 saturated heterocycles. The number of nitrogens with zero attached hydrogens (tertiary/aromatic N) is 2. The molecule has 152 valence electrons. The first kappa shape index (κ1) is 19.6. The highest BCUT2D eigenvalue weighted by Gasteiger charge is 2.26. The molecule has 4 rings (SSSR count). The van der Waals surface area contributed by atoms with Gasteiger partial charge in [-0.25, -0.2) is 4.39 Å². The number of rotatable bonds is 5. The van der Waals surface area contributed by atoms with Gasteiger partial charge in [-0.15, -0.1) is 0 Å². The lowest BCUT2D eigenvalue weighted by molar-refractivity contribution is 0.0948. The summed E-state index contributed by atoms with van der Waals surface area (Å²) in [5.41, 5.74) is 3.12. The fourth-order valence-corrected chi connectivity index (χ4v) is 3.63. The number of carbonyl (C=O) groups excluding carboxylic acids is 1. The fraction of sp³-hybridized carbons (Fsp3) is 0.174. The Hall–Kier alpha value is -3.74. The number of nitrogens with one attached hydrogen (secondary N) is 2. The first-order valence-corrected chi connectivity index (χ1v) is 9.70. The van der Waals surface area contributed by atoms with E-state index < -0.39 is 0 Å². The van der Waals surface area contributed by atoms with Gasteiger partial charge in [-0.05, 0) is 44.2 Å². The minimum absolute atomic E-state index is 0.130. The Kier molecular flexibility index (Phi) is 5.18. The Bertz CT molecular complexity index is 1310. The van der Waals surface area contributed by atoms with Crippen LogP contribution in [0, 0.1) is 12.7 Å². The monoisotopic (exact) mass is 404 g/mol. The van der Waals surface area contributed by atoms with Crippen LogP contribution in [0.25, 0.3) is 22.2 Å². The number of aryl methyl sites for hydroxylation is 1. The molecule has 0 aliphatic carbocycles. The zero-order chi connectivity index (χ0) is 21.3. The van der Waals surface area contributed by atoms with Gasteiger partial charge < -0.3 is 14.9 Å². The van der Waals surface area contributed by atoms with E-state index in [0.29, 0.717) is 34.3 Å². The lowest BCUT2D eigenvalue weighted by Gasteiger charge is -2.12. The highest BCUT2D eigenvalue weighted by molar-refractivity contribution is 6.09. The number of halogens is 1. The van der Waals surface area contributed by atoms with Crippen LogP contribution in [-0.4, -0.2) is 27.0 Å². The number of fused-ring (bicyclic) bond motifs is 1. The number of hydrogen-bond acceptors (Lipinski definition) is 3. The van der Waals surface area contributed by atoms with Crippen LogP contribution < -0.4 is 10.9 Å². The van der Waals surface area contributed by atoms with Crippen molar-refractivity contribution in [2.24, 2.45) is 0 Å². The Morgan fingerprint density at radius 1 is 1.17 bits per heavy atom. The molecule has 3 heterocycles. The van der Waals surface area contributed by atoms with Gasteiger partial charge in [0.1, 0.15) is 11.5 Å². The van der Waals surface area contributed by atoms with Crippen LogP contribution in [0.2, 0.25) is 0 Å². The molecular formula is C23H21FN4O2. The molecule has 2 N–H and O–H groups in total. The maximum Gasteiger partial charge on any atom is 0.268 e. The Morgan fingerprint density at radius 3 is 2.70 bits per heavy atom. The van der Waals surface area contributed by atoms with Gasteiger partial charge in [-0.3, -0.25) is 14.6 Å². The second kappa shape index (κ2) is 7.94. The third-order valence-electron chi connectivity index (χ3n) is 4.97. The SMILES string of the molecule is CCNC(=O)c1c(-c2ccc[nH]c2=O)c2nc(C)ccc2n1Cc1ccccc1F.